The van der Waals surface area contributed by atoms with Gasteiger partial charge in [0.1, 0.15) is 12.6 Å². The van der Waals surface area contributed by atoms with Crippen molar-refractivity contribution in [2.75, 3.05) is 17.1 Å². The van der Waals surface area contributed by atoms with E-state index in [1.54, 1.807) is 30.3 Å². The summed E-state index contributed by atoms with van der Waals surface area (Å²) in [6.07, 6.45) is 5.37. The third-order valence-corrected chi connectivity index (χ3v) is 8.68. The van der Waals surface area contributed by atoms with Crippen LogP contribution < -0.4 is 9.62 Å². The number of rotatable bonds is 10. The summed E-state index contributed by atoms with van der Waals surface area (Å²) in [5.74, 6) is -0.740. The molecule has 0 aliphatic heterocycles. The molecule has 1 saturated carbocycles. The van der Waals surface area contributed by atoms with E-state index < -0.39 is 28.5 Å². The Bertz CT molecular complexity index is 1250. The highest BCUT2D eigenvalue weighted by Crippen LogP contribution is 2.27. The number of hydrogen-bond donors (Lipinski definition) is 1. The van der Waals surface area contributed by atoms with Gasteiger partial charge in [-0.15, -0.1) is 0 Å². The van der Waals surface area contributed by atoms with Crippen molar-refractivity contribution in [3.8, 4) is 0 Å². The Morgan fingerprint density at radius 3 is 2.38 bits per heavy atom. The second-order valence-electron chi connectivity index (χ2n) is 9.66. The van der Waals surface area contributed by atoms with Crippen molar-refractivity contribution in [3.05, 3.63) is 63.1 Å². The number of benzene rings is 2. The quantitative estimate of drug-likeness (QED) is 0.425. The number of amides is 2. The number of carbonyl (C=O) groups is 2. The van der Waals surface area contributed by atoms with E-state index in [-0.39, 0.29) is 18.5 Å². The van der Waals surface area contributed by atoms with Crippen LogP contribution in [0.2, 0.25) is 10.0 Å². The van der Waals surface area contributed by atoms with E-state index in [4.69, 9.17) is 23.2 Å². The van der Waals surface area contributed by atoms with Crippen molar-refractivity contribution >= 4 is 50.7 Å². The van der Waals surface area contributed by atoms with Gasteiger partial charge in [0, 0.05) is 22.6 Å². The van der Waals surface area contributed by atoms with Gasteiger partial charge in [-0.1, -0.05) is 61.2 Å². The highest BCUT2D eigenvalue weighted by molar-refractivity contribution is 7.92. The predicted octanol–water partition coefficient (Wildman–Crippen LogP) is 5.24. The van der Waals surface area contributed by atoms with Crippen molar-refractivity contribution in [3.63, 3.8) is 0 Å². The predicted molar refractivity (Wildman–Crippen MR) is 150 cm³/mol. The normalized spacial score (nSPS) is 14.9. The van der Waals surface area contributed by atoms with Crippen LogP contribution in [-0.4, -0.2) is 50.0 Å². The van der Waals surface area contributed by atoms with Crippen LogP contribution in [0.1, 0.15) is 55.7 Å². The molecule has 1 atom stereocenters. The van der Waals surface area contributed by atoms with Crippen molar-refractivity contribution < 1.29 is 18.0 Å². The van der Waals surface area contributed by atoms with Crippen LogP contribution in [0.4, 0.5) is 5.69 Å². The number of carbonyl (C=O) groups excluding carboxylic acids is 2. The van der Waals surface area contributed by atoms with Gasteiger partial charge < -0.3 is 10.2 Å². The Hall–Kier alpha value is -2.29. The minimum Gasteiger partial charge on any atom is -0.352 e. The van der Waals surface area contributed by atoms with E-state index in [2.05, 4.69) is 5.32 Å². The molecule has 7 nitrogen and oxygen atoms in total. The molecule has 1 aliphatic carbocycles. The lowest BCUT2D eigenvalue weighted by atomic mass is 10.1. The van der Waals surface area contributed by atoms with Gasteiger partial charge in [0.25, 0.3) is 0 Å². The van der Waals surface area contributed by atoms with Gasteiger partial charge in [-0.2, -0.15) is 0 Å². The molecular formula is C27H35Cl2N3O4S. The molecule has 1 aliphatic rings. The minimum atomic E-state index is -3.80. The number of nitrogens with zero attached hydrogens (tertiary/aromatic N) is 2. The molecule has 1 N–H and O–H groups in total. The molecule has 2 amide bonds. The Labute approximate surface area is 230 Å². The van der Waals surface area contributed by atoms with E-state index in [1.165, 1.54) is 4.90 Å². The Kier molecular flexibility index (Phi) is 9.89. The first kappa shape index (κ1) is 29.3. The summed E-state index contributed by atoms with van der Waals surface area (Å²) in [5, 5.41) is 3.91. The summed E-state index contributed by atoms with van der Waals surface area (Å²) in [7, 11) is -3.80. The zero-order valence-electron chi connectivity index (χ0n) is 21.8. The van der Waals surface area contributed by atoms with Gasteiger partial charge >= 0.3 is 0 Å². The zero-order valence-corrected chi connectivity index (χ0v) is 24.1. The average molecular weight is 569 g/mol. The van der Waals surface area contributed by atoms with Crippen LogP contribution in [0.5, 0.6) is 0 Å². The Morgan fingerprint density at radius 1 is 1.11 bits per heavy atom. The molecule has 0 saturated heterocycles. The van der Waals surface area contributed by atoms with Gasteiger partial charge in [-0.25, -0.2) is 8.42 Å². The van der Waals surface area contributed by atoms with Crippen LogP contribution in [0.15, 0.2) is 36.4 Å². The lowest BCUT2D eigenvalue weighted by Gasteiger charge is -2.34. The Balaban J connectivity index is 1.98. The van der Waals surface area contributed by atoms with Crippen molar-refractivity contribution in [2.24, 2.45) is 0 Å². The largest absolute Gasteiger partial charge is 0.352 e. The standard InChI is InChI=1S/C27H35Cl2N3O4S/c1-5-24(27(34)30-22-10-6-7-11-22)31(16-20-13-14-21(28)15-23(20)29)26(33)17-32(37(4,35)36)25-12-8-9-18(2)19(25)3/h8-9,12-15,22,24H,5-7,10-11,16-17H2,1-4H3,(H,30,34). The number of hydrogen-bond acceptors (Lipinski definition) is 4. The number of anilines is 1. The van der Waals surface area contributed by atoms with E-state index in [0.717, 1.165) is 47.4 Å². The molecule has 0 bridgehead atoms. The van der Waals surface area contributed by atoms with E-state index in [0.29, 0.717) is 27.7 Å². The number of aryl methyl sites for hydroxylation is 1. The fourth-order valence-electron chi connectivity index (χ4n) is 4.72. The van der Waals surface area contributed by atoms with Crippen LogP contribution in [0.25, 0.3) is 0 Å². The maximum absolute atomic E-state index is 13.9. The average Bonchev–Trinajstić information content (AvgIpc) is 3.33. The summed E-state index contributed by atoms with van der Waals surface area (Å²) in [4.78, 5) is 28.7. The molecule has 0 heterocycles. The van der Waals surface area contributed by atoms with Gasteiger partial charge in [0.15, 0.2) is 0 Å². The molecule has 2 aromatic rings. The summed E-state index contributed by atoms with van der Waals surface area (Å²) < 4.78 is 26.8. The molecular weight excluding hydrogens is 533 g/mol. The highest BCUT2D eigenvalue weighted by Gasteiger charge is 2.33. The Morgan fingerprint density at radius 2 is 1.78 bits per heavy atom. The summed E-state index contributed by atoms with van der Waals surface area (Å²) >= 11 is 12.5. The summed E-state index contributed by atoms with van der Waals surface area (Å²) in [6, 6.07) is 9.59. The SMILES string of the molecule is CCC(C(=O)NC1CCCC1)N(Cc1ccc(Cl)cc1Cl)C(=O)CN(c1cccc(C)c1C)S(C)(=O)=O. The molecule has 37 heavy (non-hydrogen) atoms. The van der Waals surface area contributed by atoms with E-state index >= 15 is 0 Å². The van der Waals surface area contributed by atoms with Gasteiger partial charge in [0.05, 0.1) is 11.9 Å². The van der Waals surface area contributed by atoms with Crippen molar-refractivity contribution in [1.29, 1.82) is 0 Å². The number of sulfonamides is 1. The number of halogens is 2. The zero-order chi connectivity index (χ0) is 27.3. The van der Waals surface area contributed by atoms with Gasteiger partial charge in [-0.05, 0) is 68.0 Å². The molecule has 2 aromatic carbocycles. The third kappa shape index (κ3) is 7.39. The summed E-state index contributed by atoms with van der Waals surface area (Å²) in [6.45, 7) is 5.14. The molecule has 10 heteroatoms. The van der Waals surface area contributed by atoms with Crippen LogP contribution >= 0.6 is 23.2 Å². The fourth-order valence-corrected chi connectivity index (χ4v) is 6.09. The topological polar surface area (TPSA) is 86.8 Å². The molecule has 3 rings (SSSR count). The van der Waals surface area contributed by atoms with Gasteiger partial charge in [0.2, 0.25) is 21.8 Å². The van der Waals surface area contributed by atoms with Crippen molar-refractivity contribution in [2.45, 2.75) is 71.5 Å². The van der Waals surface area contributed by atoms with E-state index in [1.807, 2.05) is 26.8 Å². The molecule has 1 fully saturated rings. The molecule has 0 aromatic heterocycles. The molecule has 0 radical (unpaired) electrons. The molecule has 1 unspecified atom stereocenters. The van der Waals surface area contributed by atoms with Crippen LogP contribution in [0.3, 0.4) is 0 Å². The first-order valence-corrected chi connectivity index (χ1v) is 15.1. The third-order valence-electron chi connectivity index (χ3n) is 6.97. The van der Waals surface area contributed by atoms with Crippen molar-refractivity contribution in [1.82, 2.24) is 10.2 Å². The maximum atomic E-state index is 13.9. The monoisotopic (exact) mass is 567 g/mol. The first-order chi connectivity index (χ1) is 17.4. The fraction of sp³-hybridized carbons (Fsp3) is 0.481. The van der Waals surface area contributed by atoms with Gasteiger partial charge in [-0.3, -0.25) is 13.9 Å². The molecule has 0 spiro atoms. The lowest BCUT2D eigenvalue weighted by molar-refractivity contribution is -0.140. The lowest BCUT2D eigenvalue weighted by Crippen LogP contribution is -2.53. The maximum Gasteiger partial charge on any atom is 0.244 e. The summed E-state index contributed by atoms with van der Waals surface area (Å²) in [5.41, 5.74) is 2.72. The van der Waals surface area contributed by atoms with Crippen LogP contribution in [0, 0.1) is 13.8 Å². The van der Waals surface area contributed by atoms with E-state index in [9.17, 15) is 18.0 Å². The first-order valence-electron chi connectivity index (χ1n) is 12.5. The second-order valence-corrected chi connectivity index (χ2v) is 12.4. The van der Waals surface area contributed by atoms with Crippen LogP contribution in [-0.2, 0) is 26.2 Å². The minimum absolute atomic E-state index is 0.0375. The highest BCUT2D eigenvalue weighted by atomic mass is 35.5. The second kappa shape index (κ2) is 12.5. The molecule has 202 valence electrons. The number of nitrogens with one attached hydrogen (secondary N) is 1. The smallest absolute Gasteiger partial charge is 0.244 e.